The molecule has 0 spiro atoms. The second-order valence-electron chi connectivity index (χ2n) is 9.86. The van der Waals surface area contributed by atoms with E-state index < -0.39 is 29.7 Å². The van der Waals surface area contributed by atoms with Crippen LogP contribution in [-0.2, 0) is 4.79 Å². The van der Waals surface area contributed by atoms with Crippen molar-refractivity contribution >= 4 is 34.3 Å². The molecule has 0 saturated carbocycles. The molecule has 208 valence electrons. The molecule has 1 unspecified atom stereocenters. The number of carbonyl (C=O) groups is 3. The van der Waals surface area contributed by atoms with Gasteiger partial charge < -0.3 is 14.8 Å². The van der Waals surface area contributed by atoms with Crippen molar-refractivity contribution in [3.63, 3.8) is 0 Å². The molecule has 1 aliphatic rings. The van der Waals surface area contributed by atoms with Gasteiger partial charge in [0, 0.05) is 17.5 Å². The summed E-state index contributed by atoms with van der Waals surface area (Å²) in [6, 6.07) is 29.1. The molecule has 1 aromatic heterocycles. The summed E-state index contributed by atoms with van der Waals surface area (Å²) in [6.45, 7) is 0. The monoisotopic (exact) mass is 557 g/mol. The Hall–Kier alpha value is -5.50. The Bertz CT molecular complexity index is 1710. The van der Waals surface area contributed by atoms with Crippen molar-refractivity contribution < 1.29 is 23.9 Å². The van der Waals surface area contributed by atoms with Gasteiger partial charge in [-0.05, 0) is 59.7 Å². The third-order valence-electron chi connectivity index (χ3n) is 7.53. The minimum absolute atomic E-state index is 0.260. The minimum Gasteiger partial charge on any atom is -0.497 e. The number of para-hydroxylation sites is 1. The van der Waals surface area contributed by atoms with E-state index in [1.807, 2.05) is 48.5 Å². The van der Waals surface area contributed by atoms with Crippen LogP contribution in [0.1, 0.15) is 37.8 Å². The van der Waals surface area contributed by atoms with Crippen LogP contribution in [0.2, 0.25) is 0 Å². The second-order valence-corrected chi connectivity index (χ2v) is 9.86. The first-order valence-corrected chi connectivity index (χ1v) is 13.4. The van der Waals surface area contributed by atoms with Crippen LogP contribution in [0.25, 0.3) is 10.9 Å². The standard InChI is InChI=1S/C34H27N3O5/c1-41-24-16-12-21(13-17-24)29(22-14-18-25(42-2)19-15-22)31(37-33(39)26-9-3-4-10-27(26)34(37)40)32(38)36-28-11-5-7-23-8-6-20-35-30(23)28/h3-20,29,31H,1-2H3,(H,36,38). The molecule has 0 aliphatic carbocycles. The van der Waals surface area contributed by atoms with E-state index in [1.165, 1.54) is 0 Å². The average Bonchev–Trinajstić information content (AvgIpc) is 3.29. The Morgan fingerprint density at radius 2 is 1.26 bits per heavy atom. The Kier molecular flexibility index (Phi) is 7.10. The quantitative estimate of drug-likeness (QED) is 0.246. The van der Waals surface area contributed by atoms with E-state index in [4.69, 9.17) is 9.47 Å². The van der Waals surface area contributed by atoms with Gasteiger partial charge in [-0.25, -0.2) is 0 Å². The van der Waals surface area contributed by atoms with Crippen LogP contribution in [0.4, 0.5) is 5.69 Å². The van der Waals surface area contributed by atoms with Crippen molar-refractivity contribution in [2.45, 2.75) is 12.0 Å². The third-order valence-corrected chi connectivity index (χ3v) is 7.53. The summed E-state index contributed by atoms with van der Waals surface area (Å²) in [5.41, 5.74) is 3.02. The first-order chi connectivity index (χ1) is 20.5. The number of ether oxygens (including phenoxy) is 2. The summed E-state index contributed by atoms with van der Waals surface area (Å²) in [7, 11) is 3.15. The van der Waals surface area contributed by atoms with Gasteiger partial charge in [0.25, 0.3) is 11.8 Å². The van der Waals surface area contributed by atoms with Crippen LogP contribution in [-0.4, -0.2) is 47.9 Å². The van der Waals surface area contributed by atoms with Crippen LogP contribution < -0.4 is 14.8 Å². The van der Waals surface area contributed by atoms with Gasteiger partial charge in [-0.2, -0.15) is 0 Å². The van der Waals surface area contributed by atoms with Crippen molar-refractivity contribution in [3.8, 4) is 11.5 Å². The highest BCUT2D eigenvalue weighted by atomic mass is 16.5. The molecule has 6 rings (SSSR count). The molecule has 0 radical (unpaired) electrons. The fourth-order valence-corrected chi connectivity index (χ4v) is 5.47. The van der Waals surface area contributed by atoms with Gasteiger partial charge in [0.2, 0.25) is 5.91 Å². The normalized spacial score (nSPS) is 13.3. The van der Waals surface area contributed by atoms with Crippen LogP contribution >= 0.6 is 0 Å². The van der Waals surface area contributed by atoms with E-state index in [1.54, 1.807) is 75.0 Å². The number of methoxy groups -OCH3 is 2. The Labute approximate surface area is 242 Å². The fraction of sp³-hybridized carbons (Fsp3) is 0.118. The molecular weight excluding hydrogens is 530 g/mol. The minimum atomic E-state index is -1.25. The maximum Gasteiger partial charge on any atom is 0.262 e. The number of hydrogen-bond acceptors (Lipinski definition) is 6. The van der Waals surface area contributed by atoms with Crippen LogP contribution in [0.15, 0.2) is 109 Å². The van der Waals surface area contributed by atoms with Gasteiger partial charge in [0.1, 0.15) is 17.5 Å². The summed E-state index contributed by atoms with van der Waals surface area (Å²) in [5, 5.41) is 3.84. The van der Waals surface area contributed by atoms with Crippen LogP contribution in [0.5, 0.6) is 11.5 Å². The lowest BCUT2D eigenvalue weighted by molar-refractivity contribution is -0.120. The number of imide groups is 1. The number of amides is 3. The number of anilines is 1. The lowest BCUT2D eigenvalue weighted by atomic mass is 9.83. The number of nitrogens with zero attached hydrogens (tertiary/aromatic N) is 2. The number of rotatable bonds is 8. The zero-order chi connectivity index (χ0) is 29.2. The molecule has 5 aromatic rings. The summed E-state index contributed by atoms with van der Waals surface area (Å²) in [6.07, 6.45) is 1.65. The van der Waals surface area contributed by atoms with Crippen molar-refractivity contribution in [2.24, 2.45) is 0 Å². The molecule has 1 aliphatic heterocycles. The zero-order valence-corrected chi connectivity index (χ0v) is 23.0. The number of carbonyl (C=O) groups excluding carboxylic acids is 3. The highest BCUT2D eigenvalue weighted by Crippen LogP contribution is 2.37. The molecule has 42 heavy (non-hydrogen) atoms. The average molecular weight is 558 g/mol. The van der Waals surface area contributed by atoms with E-state index in [0.717, 1.165) is 10.3 Å². The molecule has 2 heterocycles. The number of hydrogen-bond donors (Lipinski definition) is 1. The van der Waals surface area contributed by atoms with Gasteiger partial charge >= 0.3 is 0 Å². The SMILES string of the molecule is COc1ccc(C(c2ccc(OC)cc2)C(C(=O)Nc2cccc3cccnc23)N2C(=O)c3ccccc3C2=O)cc1. The summed E-state index contributed by atoms with van der Waals surface area (Å²) < 4.78 is 10.7. The molecule has 8 heteroatoms. The van der Waals surface area contributed by atoms with E-state index in [-0.39, 0.29) is 11.1 Å². The molecule has 1 atom stereocenters. The second kappa shape index (κ2) is 11.2. The van der Waals surface area contributed by atoms with E-state index in [2.05, 4.69) is 10.3 Å². The third kappa shape index (κ3) is 4.73. The largest absolute Gasteiger partial charge is 0.497 e. The van der Waals surface area contributed by atoms with Gasteiger partial charge in [-0.1, -0.05) is 54.6 Å². The first-order valence-electron chi connectivity index (χ1n) is 13.4. The molecular formula is C34H27N3O5. The molecule has 8 nitrogen and oxygen atoms in total. The summed E-state index contributed by atoms with van der Waals surface area (Å²) >= 11 is 0. The van der Waals surface area contributed by atoms with E-state index in [0.29, 0.717) is 33.8 Å². The van der Waals surface area contributed by atoms with Crippen LogP contribution in [0.3, 0.4) is 0 Å². The lowest BCUT2D eigenvalue weighted by Crippen LogP contribution is -2.51. The topological polar surface area (TPSA) is 97.8 Å². The predicted octanol–water partition coefficient (Wildman–Crippen LogP) is 5.69. The molecule has 0 saturated heterocycles. The maximum absolute atomic E-state index is 14.5. The fourth-order valence-electron chi connectivity index (χ4n) is 5.47. The first kappa shape index (κ1) is 26.7. The molecule has 4 aromatic carbocycles. The Morgan fingerprint density at radius 3 is 1.81 bits per heavy atom. The smallest absolute Gasteiger partial charge is 0.262 e. The van der Waals surface area contributed by atoms with Crippen molar-refractivity contribution in [2.75, 3.05) is 19.5 Å². The molecule has 3 amide bonds. The maximum atomic E-state index is 14.5. The van der Waals surface area contributed by atoms with Crippen molar-refractivity contribution in [1.29, 1.82) is 0 Å². The summed E-state index contributed by atoms with van der Waals surface area (Å²) in [5.74, 6) is -1.05. The Balaban J connectivity index is 1.52. The van der Waals surface area contributed by atoms with Crippen molar-refractivity contribution in [3.05, 3.63) is 132 Å². The predicted molar refractivity (Wildman–Crippen MR) is 159 cm³/mol. The van der Waals surface area contributed by atoms with Crippen LogP contribution in [0, 0.1) is 0 Å². The van der Waals surface area contributed by atoms with Crippen molar-refractivity contribution in [1.82, 2.24) is 9.88 Å². The number of pyridine rings is 1. The number of fused-ring (bicyclic) bond motifs is 2. The summed E-state index contributed by atoms with van der Waals surface area (Å²) in [4.78, 5) is 47.7. The molecule has 0 bridgehead atoms. The lowest BCUT2D eigenvalue weighted by Gasteiger charge is -2.33. The van der Waals surface area contributed by atoms with Gasteiger partial charge in [0.15, 0.2) is 0 Å². The highest BCUT2D eigenvalue weighted by molar-refractivity contribution is 6.23. The Morgan fingerprint density at radius 1 is 0.714 bits per heavy atom. The van der Waals surface area contributed by atoms with Gasteiger partial charge in [0.05, 0.1) is 36.6 Å². The molecule has 1 N–H and O–H groups in total. The number of aromatic nitrogens is 1. The zero-order valence-electron chi connectivity index (χ0n) is 23.0. The number of benzene rings is 4. The van der Waals surface area contributed by atoms with Gasteiger partial charge in [-0.3, -0.25) is 24.3 Å². The number of nitrogens with one attached hydrogen (secondary N) is 1. The van der Waals surface area contributed by atoms with Gasteiger partial charge in [-0.15, -0.1) is 0 Å². The molecule has 0 fully saturated rings. The van der Waals surface area contributed by atoms with E-state index >= 15 is 0 Å². The van der Waals surface area contributed by atoms with E-state index in [9.17, 15) is 14.4 Å². The highest BCUT2D eigenvalue weighted by Gasteiger charge is 2.47.